The topological polar surface area (TPSA) is 102 Å². The van der Waals surface area contributed by atoms with Crippen LogP contribution in [0.3, 0.4) is 0 Å². The number of piperazine rings is 1. The molecule has 0 radical (unpaired) electrons. The van der Waals surface area contributed by atoms with E-state index in [9.17, 15) is 19.2 Å². The fourth-order valence-corrected chi connectivity index (χ4v) is 8.29. The molecule has 4 aromatic rings. The van der Waals surface area contributed by atoms with Crippen LogP contribution in [0, 0.1) is 11.7 Å². The van der Waals surface area contributed by atoms with E-state index in [1.807, 2.05) is 66.0 Å². The predicted octanol–water partition coefficient (Wildman–Crippen LogP) is 6.73. The van der Waals surface area contributed by atoms with Gasteiger partial charge in [-0.3, -0.25) is 39.2 Å². The average molecular weight is 826 g/mol. The fourth-order valence-electron chi connectivity index (χ4n) is 8.10. The lowest BCUT2D eigenvalue weighted by Gasteiger charge is -2.39. The molecule has 4 aliphatic heterocycles. The Morgan fingerprint density at radius 1 is 0.780 bits per heavy atom. The molecule has 12 heteroatoms. The highest BCUT2D eigenvalue weighted by Gasteiger charge is 2.46. The zero-order chi connectivity index (χ0) is 48.1. The number of ether oxygens (including phenoxy) is 1. The first-order chi connectivity index (χ1) is 31.8. The summed E-state index contributed by atoms with van der Waals surface area (Å²) in [4.78, 5) is 54.3. The SMILES string of the molecule is [2H]C1([2H])N(CC2CCN(CCOc3ccc(C(=C(CCCl)c4ccccc4)c4ccccc4)cc3)CC2)C([2H])([2H])C([2H])([2H])N(c2ccc3c(c2F)C(=O)N(C2CCC(=O)NC2=O)C3=O)C1([2H])[2H]. The minimum Gasteiger partial charge on any atom is -0.492 e. The molecule has 306 valence electrons. The number of fused-ring (bicyclic) bond motifs is 1. The van der Waals surface area contributed by atoms with Crippen molar-refractivity contribution >= 4 is 52.1 Å². The number of carbonyl (C=O) groups is 4. The molecule has 8 rings (SSSR count). The van der Waals surface area contributed by atoms with Crippen molar-refractivity contribution in [3.8, 4) is 5.75 Å². The number of rotatable bonds is 13. The molecular formula is C47H49ClFN5O5. The van der Waals surface area contributed by atoms with Gasteiger partial charge in [0.05, 0.1) is 22.3 Å². The maximum Gasteiger partial charge on any atom is 0.265 e. The molecule has 59 heavy (non-hydrogen) atoms. The Kier molecular flexibility index (Phi) is 9.77. The monoisotopic (exact) mass is 825 g/mol. The van der Waals surface area contributed by atoms with E-state index >= 15 is 4.39 Å². The van der Waals surface area contributed by atoms with Gasteiger partial charge in [-0.2, -0.15) is 0 Å². The van der Waals surface area contributed by atoms with Crippen molar-refractivity contribution < 1.29 is 39.3 Å². The largest absolute Gasteiger partial charge is 0.492 e. The molecule has 0 spiro atoms. The lowest BCUT2D eigenvalue weighted by Crippen LogP contribution is -2.54. The van der Waals surface area contributed by atoms with E-state index in [1.54, 1.807) is 0 Å². The fraction of sp³-hybridized carbons (Fsp3) is 0.362. The highest BCUT2D eigenvalue weighted by molar-refractivity contribution is 6.24. The molecule has 4 aromatic carbocycles. The van der Waals surface area contributed by atoms with Crippen LogP contribution in [0.5, 0.6) is 5.75 Å². The van der Waals surface area contributed by atoms with E-state index in [2.05, 4.69) is 29.2 Å². The number of piperidine rings is 2. The van der Waals surface area contributed by atoms with Gasteiger partial charge in [-0.05, 0) is 96.8 Å². The van der Waals surface area contributed by atoms with Crippen LogP contribution >= 0.6 is 11.6 Å². The van der Waals surface area contributed by atoms with Crippen LogP contribution in [0.2, 0.25) is 0 Å². The number of hydrogen-bond donors (Lipinski definition) is 1. The van der Waals surface area contributed by atoms with E-state index < -0.39 is 78.3 Å². The number of alkyl halides is 1. The summed E-state index contributed by atoms with van der Waals surface area (Å²) in [6.07, 6.45) is 1.19. The number of amides is 4. The lowest BCUT2D eigenvalue weighted by molar-refractivity contribution is -0.136. The van der Waals surface area contributed by atoms with Crippen molar-refractivity contribution in [1.82, 2.24) is 20.0 Å². The number of halogens is 2. The highest BCUT2D eigenvalue weighted by atomic mass is 35.5. The van der Waals surface area contributed by atoms with Crippen LogP contribution in [-0.2, 0) is 9.59 Å². The summed E-state index contributed by atoms with van der Waals surface area (Å²) in [5.41, 5.74) is 3.01. The van der Waals surface area contributed by atoms with E-state index in [0.717, 1.165) is 40.0 Å². The number of likely N-dealkylation sites (tertiary alicyclic amines) is 1. The molecule has 4 heterocycles. The van der Waals surface area contributed by atoms with Gasteiger partial charge in [0.1, 0.15) is 18.4 Å². The first-order valence-corrected chi connectivity index (χ1v) is 20.3. The summed E-state index contributed by atoms with van der Waals surface area (Å²) >= 11 is 6.32. The Balaban J connectivity index is 0.917. The molecule has 0 saturated carbocycles. The van der Waals surface area contributed by atoms with Gasteiger partial charge in [0.15, 0.2) is 5.82 Å². The van der Waals surface area contributed by atoms with Gasteiger partial charge >= 0.3 is 0 Å². The van der Waals surface area contributed by atoms with Gasteiger partial charge in [-0.15, -0.1) is 11.6 Å². The second-order valence-corrected chi connectivity index (χ2v) is 15.2. The van der Waals surface area contributed by atoms with Crippen molar-refractivity contribution in [1.29, 1.82) is 0 Å². The Bertz CT molecular complexity index is 2560. The molecule has 1 N–H and O–H groups in total. The smallest absolute Gasteiger partial charge is 0.265 e. The van der Waals surface area contributed by atoms with Crippen molar-refractivity contribution in [2.75, 3.05) is 69.6 Å². The van der Waals surface area contributed by atoms with Crippen LogP contribution in [0.1, 0.15) is 80.5 Å². The van der Waals surface area contributed by atoms with Crippen LogP contribution < -0.4 is 15.0 Å². The Hall–Kier alpha value is -5.36. The van der Waals surface area contributed by atoms with Crippen LogP contribution in [0.15, 0.2) is 97.1 Å². The third kappa shape index (κ3) is 8.83. The molecule has 3 fully saturated rings. The Morgan fingerprint density at radius 2 is 1.44 bits per heavy atom. The molecular weight excluding hydrogens is 769 g/mol. The number of anilines is 1. The number of allylic oxidation sites excluding steroid dienone is 1. The first kappa shape index (κ1) is 31.5. The van der Waals surface area contributed by atoms with Gasteiger partial charge in [0, 0.05) is 56.9 Å². The average Bonchev–Trinajstić information content (AvgIpc) is 3.55. The third-order valence-electron chi connectivity index (χ3n) is 11.2. The number of hydrogen-bond acceptors (Lipinski definition) is 8. The standard InChI is InChI=1S/C47H49ClFN5O5/c48-22-19-37(33-7-3-1-4-8-33)42(34-9-5-2-6-10-34)35-11-13-36(14-12-35)59-30-29-51-23-20-32(21-24-51)31-52-25-27-53(28-26-52)39-16-15-38-43(44(39)49)47(58)54(46(38)57)40-17-18-41(55)50-45(40)56/h1-16,32,40H,17-31H2,(H,50,55,56)/i25D2,26D2,27D2,28D2. The zero-order valence-corrected chi connectivity index (χ0v) is 33.0. The van der Waals surface area contributed by atoms with Gasteiger partial charge in [-0.25, -0.2) is 4.39 Å². The summed E-state index contributed by atoms with van der Waals surface area (Å²) < 4.78 is 94.6. The van der Waals surface area contributed by atoms with E-state index in [-0.39, 0.29) is 30.2 Å². The van der Waals surface area contributed by atoms with E-state index in [0.29, 0.717) is 66.9 Å². The molecule has 3 saturated heterocycles. The molecule has 0 bridgehead atoms. The maximum atomic E-state index is 16.6. The normalized spacial score (nSPS) is 25.2. The summed E-state index contributed by atoms with van der Waals surface area (Å²) in [6.45, 7) is -11.8. The third-order valence-corrected chi connectivity index (χ3v) is 11.3. The molecule has 0 aliphatic carbocycles. The van der Waals surface area contributed by atoms with E-state index in [1.165, 1.54) is 0 Å². The number of benzene rings is 4. The summed E-state index contributed by atoms with van der Waals surface area (Å²) in [6, 6.07) is 28.6. The second-order valence-electron chi connectivity index (χ2n) is 14.8. The highest BCUT2D eigenvalue weighted by Crippen LogP contribution is 2.36. The van der Waals surface area contributed by atoms with Gasteiger partial charge < -0.3 is 9.64 Å². The number of nitrogens with zero attached hydrogens (tertiary/aromatic N) is 4. The molecule has 4 aliphatic rings. The second kappa shape index (κ2) is 18.3. The van der Waals surface area contributed by atoms with Crippen molar-refractivity contribution in [2.45, 2.75) is 38.1 Å². The van der Waals surface area contributed by atoms with Crippen LogP contribution in [-0.4, -0.2) is 109 Å². The molecule has 1 atom stereocenters. The minimum absolute atomic E-state index is 0.0250. The summed E-state index contributed by atoms with van der Waals surface area (Å²) in [7, 11) is 0. The summed E-state index contributed by atoms with van der Waals surface area (Å²) in [5, 5.41) is 2.03. The Morgan fingerprint density at radius 3 is 2.10 bits per heavy atom. The van der Waals surface area contributed by atoms with Crippen LogP contribution in [0.4, 0.5) is 10.1 Å². The number of nitrogens with one attached hydrogen (secondary N) is 1. The molecule has 0 aromatic heterocycles. The Labute approximate surface area is 360 Å². The zero-order valence-electron chi connectivity index (χ0n) is 40.3. The van der Waals surface area contributed by atoms with Gasteiger partial charge in [-0.1, -0.05) is 72.8 Å². The van der Waals surface area contributed by atoms with Crippen molar-refractivity contribution in [3.63, 3.8) is 0 Å². The van der Waals surface area contributed by atoms with Gasteiger partial charge in [0.2, 0.25) is 11.8 Å². The minimum atomic E-state index is -3.45. The van der Waals surface area contributed by atoms with Crippen LogP contribution in [0.25, 0.3) is 11.1 Å². The molecule has 10 nitrogen and oxygen atoms in total. The first-order valence-electron chi connectivity index (χ1n) is 23.8. The van der Waals surface area contributed by atoms with Gasteiger partial charge in [0.25, 0.3) is 11.8 Å². The predicted molar refractivity (Wildman–Crippen MR) is 227 cm³/mol. The van der Waals surface area contributed by atoms with Crippen molar-refractivity contribution in [3.05, 3.63) is 131 Å². The number of imide groups is 2. The van der Waals surface area contributed by atoms with Crippen molar-refractivity contribution in [2.24, 2.45) is 5.92 Å². The lowest BCUT2D eigenvalue weighted by atomic mass is 9.88. The summed E-state index contributed by atoms with van der Waals surface area (Å²) in [5.74, 6) is -4.71. The van der Waals surface area contributed by atoms with E-state index in [4.69, 9.17) is 27.3 Å². The maximum absolute atomic E-state index is 16.6. The molecule has 1 unspecified atom stereocenters. The number of carbonyl (C=O) groups excluding carboxylic acids is 4. The molecule has 4 amide bonds. The quantitative estimate of drug-likeness (QED) is 0.0901.